The van der Waals surface area contributed by atoms with Gasteiger partial charge in [0.25, 0.3) is 0 Å². The molecular weight excluding hydrogens is 258 g/mol. The molecule has 0 radical (unpaired) electrons. The zero-order valence-electron chi connectivity index (χ0n) is 12.5. The number of methoxy groups -OCH3 is 2. The number of carbonyl (C=O) groups excluding carboxylic acids is 1. The summed E-state index contributed by atoms with van der Waals surface area (Å²) in [4.78, 5) is 13.9. The average Bonchev–Trinajstić information content (AvgIpc) is 2.69. The quantitative estimate of drug-likeness (QED) is 0.834. The predicted molar refractivity (Wildman–Crippen MR) is 75.7 cm³/mol. The highest BCUT2D eigenvalue weighted by Crippen LogP contribution is 2.42. The maximum atomic E-state index is 12.4. The van der Waals surface area contributed by atoms with E-state index >= 15 is 0 Å². The zero-order chi connectivity index (χ0) is 14.9. The molecule has 1 heterocycles. The van der Waals surface area contributed by atoms with Gasteiger partial charge in [-0.3, -0.25) is 0 Å². The Hall–Kier alpha value is -1.59. The number of hydrogen-bond donors (Lipinski definition) is 0. The van der Waals surface area contributed by atoms with Gasteiger partial charge in [-0.15, -0.1) is 0 Å². The lowest BCUT2D eigenvalue weighted by molar-refractivity contribution is -0.0325. The Morgan fingerprint density at radius 3 is 2.35 bits per heavy atom. The summed E-state index contributed by atoms with van der Waals surface area (Å²) in [5.41, 5.74) is 1.13. The smallest absolute Gasteiger partial charge is 0.417 e. The molecule has 2 rings (SSSR count). The molecule has 0 bridgehead atoms. The Balaban J connectivity index is 2.38. The Morgan fingerprint density at radius 1 is 1.15 bits per heavy atom. The number of para-hydroxylation sites is 1. The molecule has 1 aromatic carbocycles. The first-order chi connectivity index (χ1) is 9.39. The van der Waals surface area contributed by atoms with Crippen molar-refractivity contribution in [1.29, 1.82) is 0 Å². The van der Waals surface area contributed by atoms with Crippen molar-refractivity contribution in [3.63, 3.8) is 0 Å². The molecule has 2 atom stereocenters. The standard InChI is InChI=1S/C15H21NO4/c1-15(2,3)20-14(17)16-11-9-7-6-8-10(11)12(18-4)13(16)19-5/h6-9,12-13H,1-5H3/t12-,13+/m1/s1. The molecule has 1 amide bonds. The van der Waals surface area contributed by atoms with Crippen molar-refractivity contribution in [2.75, 3.05) is 19.1 Å². The highest BCUT2D eigenvalue weighted by atomic mass is 16.6. The zero-order valence-corrected chi connectivity index (χ0v) is 12.5. The highest BCUT2D eigenvalue weighted by Gasteiger charge is 2.43. The Morgan fingerprint density at radius 2 is 1.80 bits per heavy atom. The van der Waals surface area contributed by atoms with Gasteiger partial charge < -0.3 is 14.2 Å². The summed E-state index contributed by atoms with van der Waals surface area (Å²) < 4.78 is 16.4. The molecule has 0 N–H and O–H groups in total. The van der Waals surface area contributed by atoms with Gasteiger partial charge in [-0.2, -0.15) is 0 Å². The predicted octanol–water partition coefficient (Wildman–Crippen LogP) is 3.10. The van der Waals surface area contributed by atoms with Crippen molar-refractivity contribution < 1.29 is 19.0 Å². The third-order valence-corrected chi connectivity index (χ3v) is 3.10. The van der Waals surface area contributed by atoms with Crippen LogP contribution < -0.4 is 4.90 Å². The van der Waals surface area contributed by atoms with Crippen LogP contribution in [0.3, 0.4) is 0 Å². The van der Waals surface area contributed by atoms with Crippen LogP contribution in [-0.2, 0) is 14.2 Å². The molecule has 0 fully saturated rings. The van der Waals surface area contributed by atoms with Crippen molar-refractivity contribution in [3.05, 3.63) is 29.8 Å². The van der Waals surface area contributed by atoms with Crippen LogP contribution in [0.5, 0.6) is 0 Å². The van der Waals surface area contributed by atoms with E-state index in [9.17, 15) is 4.79 Å². The fourth-order valence-electron chi connectivity index (χ4n) is 2.36. The van der Waals surface area contributed by atoms with Crippen molar-refractivity contribution in [1.82, 2.24) is 0 Å². The molecule has 0 aromatic heterocycles. The molecule has 0 spiro atoms. The van der Waals surface area contributed by atoms with Crippen molar-refractivity contribution in [2.45, 2.75) is 38.7 Å². The lowest BCUT2D eigenvalue weighted by atomic mass is 10.1. The van der Waals surface area contributed by atoms with Gasteiger partial charge in [0.1, 0.15) is 11.7 Å². The Kier molecular flexibility index (Phi) is 4.01. The van der Waals surface area contributed by atoms with Crippen LogP contribution in [0.25, 0.3) is 0 Å². The molecule has 1 aliphatic heterocycles. The molecule has 0 unspecified atom stereocenters. The second-order valence-corrected chi connectivity index (χ2v) is 5.69. The summed E-state index contributed by atoms with van der Waals surface area (Å²) in [6.45, 7) is 5.51. The first-order valence-electron chi connectivity index (χ1n) is 6.56. The van der Waals surface area contributed by atoms with Gasteiger partial charge in [0.15, 0.2) is 6.23 Å². The molecule has 110 valence electrons. The van der Waals surface area contributed by atoms with E-state index < -0.39 is 17.9 Å². The number of ether oxygens (including phenoxy) is 3. The van der Waals surface area contributed by atoms with Crippen LogP contribution in [0.2, 0.25) is 0 Å². The molecule has 0 aliphatic carbocycles. The van der Waals surface area contributed by atoms with Crippen molar-refractivity contribution in [3.8, 4) is 0 Å². The molecule has 20 heavy (non-hydrogen) atoms. The summed E-state index contributed by atoms with van der Waals surface area (Å²) in [6.07, 6.45) is -1.27. The second-order valence-electron chi connectivity index (χ2n) is 5.69. The number of amides is 1. The molecule has 1 aromatic rings. The fraction of sp³-hybridized carbons (Fsp3) is 0.533. The average molecular weight is 279 g/mol. The topological polar surface area (TPSA) is 48.0 Å². The first kappa shape index (κ1) is 14.8. The Bertz CT molecular complexity index is 495. The number of fused-ring (bicyclic) bond motifs is 1. The van der Waals surface area contributed by atoms with Crippen LogP contribution in [-0.4, -0.2) is 32.1 Å². The molecule has 5 heteroatoms. The van der Waals surface area contributed by atoms with Crippen LogP contribution >= 0.6 is 0 Å². The van der Waals surface area contributed by atoms with E-state index in [1.807, 2.05) is 45.0 Å². The lowest BCUT2D eigenvalue weighted by Gasteiger charge is -2.29. The van der Waals surface area contributed by atoms with Crippen molar-refractivity contribution in [2.24, 2.45) is 0 Å². The van der Waals surface area contributed by atoms with Gasteiger partial charge >= 0.3 is 6.09 Å². The van der Waals surface area contributed by atoms with E-state index in [-0.39, 0.29) is 6.10 Å². The van der Waals surface area contributed by atoms with Gasteiger partial charge in [-0.25, -0.2) is 9.69 Å². The maximum Gasteiger partial charge on any atom is 0.417 e. The molecule has 0 saturated heterocycles. The lowest BCUT2D eigenvalue weighted by Crippen LogP contribution is -2.43. The van der Waals surface area contributed by atoms with Gasteiger partial charge in [0.05, 0.1) is 5.69 Å². The van der Waals surface area contributed by atoms with Crippen LogP contribution in [0.1, 0.15) is 32.4 Å². The molecule has 5 nitrogen and oxygen atoms in total. The minimum atomic E-state index is -0.560. The molecule has 1 aliphatic rings. The fourth-order valence-corrected chi connectivity index (χ4v) is 2.36. The van der Waals surface area contributed by atoms with Gasteiger partial charge in [-0.1, -0.05) is 18.2 Å². The number of rotatable bonds is 2. The monoisotopic (exact) mass is 279 g/mol. The van der Waals surface area contributed by atoms with E-state index in [1.165, 1.54) is 4.90 Å². The third-order valence-electron chi connectivity index (χ3n) is 3.10. The number of nitrogens with zero attached hydrogens (tertiary/aromatic N) is 1. The van der Waals surface area contributed by atoms with E-state index in [2.05, 4.69) is 0 Å². The van der Waals surface area contributed by atoms with Gasteiger partial charge in [-0.05, 0) is 26.8 Å². The first-order valence-corrected chi connectivity index (χ1v) is 6.56. The number of anilines is 1. The van der Waals surface area contributed by atoms with Gasteiger partial charge in [0, 0.05) is 19.8 Å². The summed E-state index contributed by atoms with van der Waals surface area (Å²) in [5.74, 6) is 0. The summed E-state index contributed by atoms with van der Waals surface area (Å²) in [6, 6.07) is 7.58. The highest BCUT2D eigenvalue weighted by molar-refractivity contribution is 5.91. The number of carbonyl (C=O) groups is 1. The van der Waals surface area contributed by atoms with Crippen LogP contribution in [0, 0.1) is 0 Å². The SMILES string of the molecule is CO[C@@H]1c2ccccc2N(C(=O)OC(C)(C)C)[C@H]1OC. The second kappa shape index (κ2) is 5.42. The minimum Gasteiger partial charge on any atom is -0.443 e. The van der Waals surface area contributed by atoms with E-state index in [4.69, 9.17) is 14.2 Å². The number of benzene rings is 1. The molecular formula is C15H21NO4. The summed E-state index contributed by atoms with van der Waals surface area (Å²) in [5, 5.41) is 0. The van der Waals surface area contributed by atoms with Crippen LogP contribution in [0.4, 0.5) is 10.5 Å². The van der Waals surface area contributed by atoms with Crippen molar-refractivity contribution >= 4 is 11.8 Å². The van der Waals surface area contributed by atoms with E-state index in [0.29, 0.717) is 0 Å². The largest absolute Gasteiger partial charge is 0.443 e. The third kappa shape index (κ3) is 2.64. The Labute approximate surface area is 119 Å². The van der Waals surface area contributed by atoms with Gasteiger partial charge in [0.2, 0.25) is 0 Å². The number of hydrogen-bond acceptors (Lipinski definition) is 4. The summed E-state index contributed by atoms with van der Waals surface area (Å²) >= 11 is 0. The van der Waals surface area contributed by atoms with E-state index in [1.54, 1.807) is 14.2 Å². The van der Waals surface area contributed by atoms with Crippen LogP contribution in [0.15, 0.2) is 24.3 Å². The normalized spacial score (nSPS) is 21.8. The summed E-state index contributed by atoms with van der Waals surface area (Å²) in [7, 11) is 3.16. The maximum absolute atomic E-state index is 12.4. The van der Waals surface area contributed by atoms with E-state index in [0.717, 1.165) is 11.3 Å². The minimum absolute atomic E-state index is 0.316. The molecule has 0 saturated carbocycles.